The van der Waals surface area contributed by atoms with Crippen LogP contribution in [0.25, 0.3) is 33.1 Å². The number of benzene rings is 7. The molecule has 13 rings (SSSR count). The highest BCUT2D eigenvalue weighted by Crippen LogP contribution is 2.64. The van der Waals surface area contributed by atoms with Crippen molar-refractivity contribution < 1.29 is 4.42 Å². The molecule has 2 bridgehead atoms. The number of anilines is 8. The second-order valence-corrected chi connectivity index (χ2v) is 27.1. The predicted octanol–water partition coefficient (Wildman–Crippen LogP) is 16.9. The molecule has 5 heteroatoms. The molecule has 0 spiro atoms. The Morgan fingerprint density at radius 2 is 1.14 bits per heavy atom. The molecule has 2 atom stereocenters. The minimum atomic E-state index is -0.139. The molecule has 4 aliphatic heterocycles. The number of rotatable bonds is 1. The number of furan rings is 1. The highest BCUT2D eigenvalue weighted by atomic mass is 16.3. The van der Waals surface area contributed by atoms with Gasteiger partial charge in [-0.2, -0.15) is 0 Å². The fraction of sp³-hybridized carbons (Fsp3) is 0.373. The van der Waals surface area contributed by atoms with Crippen LogP contribution in [0.4, 0.5) is 45.5 Å². The van der Waals surface area contributed by atoms with Crippen LogP contribution in [-0.4, -0.2) is 12.3 Å². The lowest BCUT2D eigenvalue weighted by atomic mass is 9.33. The van der Waals surface area contributed by atoms with Crippen molar-refractivity contribution in [3.8, 4) is 11.1 Å². The lowest BCUT2D eigenvalue weighted by Crippen LogP contribution is -2.64. The van der Waals surface area contributed by atoms with E-state index in [9.17, 15) is 0 Å². The van der Waals surface area contributed by atoms with E-state index in [0.29, 0.717) is 0 Å². The number of fused-ring (bicyclic) bond motifs is 17. The summed E-state index contributed by atoms with van der Waals surface area (Å²) in [5.41, 5.74) is 26.4. The van der Waals surface area contributed by atoms with Crippen LogP contribution in [0, 0.1) is 6.92 Å². The van der Waals surface area contributed by atoms with Gasteiger partial charge >= 0.3 is 0 Å². The molecular weight excluding hydrogens is 874 g/mol. The first-order chi connectivity index (χ1) is 33.9. The average molecular weight is 946 g/mol. The van der Waals surface area contributed by atoms with Gasteiger partial charge < -0.3 is 19.1 Å². The Kier molecular flexibility index (Phi) is 9.21. The van der Waals surface area contributed by atoms with Gasteiger partial charge in [-0.1, -0.05) is 164 Å². The van der Waals surface area contributed by atoms with Gasteiger partial charge in [0, 0.05) is 44.7 Å². The van der Waals surface area contributed by atoms with E-state index in [1.165, 1.54) is 120 Å². The standard InChI is InChI=1S/C67H72BN3O/c1-39-32-42(64(8,9)10)34-48-47-33-41(63(5,6)7)24-28-52(47)69(44-25-22-40(23-26-44)62(2,3)4)45-37-53-58-54(38-45)71-60-49(66(14)30-18-19-31-67(66,71)15)35-43(65(11,12)13)36-51(60)68(58)50-27-29-56-57(61(50)70(53)59(39)48)46-20-16-17-21-55(46)72-56/h16-17,20-29,32-38H,18-19,30-31H2,1-15H3. The molecule has 1 aliphatic carbocycles. The number of hydrogen-bond donors (Lipinski definition) is 0. The molecule has 4 nitrogen and oxygen atoms in total. The van der Waals surface area contributed by atoms with Crippen LogP contribution in [-0.2, 0) is 27.1 Å². The molecule has 0 amide bonds. The van der Waals surface area contributed by atoms with Gasteiger partial charge in [0.2, 0.25) is 0 Å². The third kappa shape index (κ3) is 6.12. The summed E-state index contributed by atoms with van der Waals surface area (Å²) in [5.74, 6) is 0. The summed E-state index contributed by atoms with van der Waals surface area (Å²) in [6.07, 6.45) is 4.79. The molecule has 1 aromatic heterocycles. The van der Waals surface area contributed by atoms with Gasteiger partial charge in [0.25, 0.3) is 6.71 Å². The van der Waals surface area contributed by atoms with Crippen LogP contribution in [0.15, 0.2) is 120 Å². The molecule has 2 unspecified atom stereocenters. The Morgan fingerprint density at radius 3 is 1.85 bits per heavy atom. The van der Waals surface area contributed by atoms with E-state index in [-0.39, 0.29) is 39.3 Å². The van der Waals surface area contributed by atoms with Gasteiger partial charge in [-0.3, -0.25) is 0 Å². The number of aryl methyl sites for hydroxylation is 1. The van der Waals surface area contributed by atoms with Crippen molar-refractivity contribution in [2.75, 3.05) is 14.7 Å². The summed E-state index contributed by atoms with van der Waals surface area (Å²) < 4.78 is 6.93. The molecular formula is C67H72BN3O. The predicted molar refractivity (Wildman–Crippen MR) is 309 cm³/mol. The normalized spacial score (nSPS) is 19.9. The van der Waals surface area contributed by atoms with E-state index >= 15 is 0 Å². The van der Waals surface area contributed by atoms with Crippen molar-refractivity contribution in [2.24, 2.45) is 0 Å². The number of hydrogen-bond acceptors (Lipinski definition) is 4. The van der Waals surface area contributed by atoms with Crippen molar-refractivity contribution in [2.45, 2.75) is 162 Å². The average Bonchev–Trinajstić information content (AvgIpc) is 3.80. The van der Waals surface area contributed by atoms with Gasteiger partial charge in [0.05, 0.1) is 33.7 Å². The Hall–Kier alpha value is -6.20. The van der Waals surface area contributed by atoms with E-state index in [1.807, 2.05) is 0 Å². The summed E-state index contributed by atoms with van der Waals surface area (Å²) in [6, 6.07) is 45.9. The van der Waals surface area contributed by atoms with Crippen LogP contribution in [0.2, 0.25) is 0 Å². The Morgan fingerprint density at radius 1 is 0.500 bits per heavy atom. The maximum atomic E-state index is 6.93. The lowest BCUT2D eigenvalue weighted by molar-refractivity contribution is 0.195. The monoisotopic (exact) mass is 946 g/mol. The molecule has 1 fully saturated rings. The van der Waals surface area contributed by atoms with Crippen LogP contribution < -0.4 is 31.1 Å². The summed E-state index contributed by atoms with van der Waals surface area (Å²) in [4.78, 5) is 8.27. The van der Waals surface area contributed by atoms with Gasteiger partial charge in [-0.25, -0.2) is 0 Å². The van der Waals surface area contributed by atoms with E-state index in [4.69, 9.17) is 4.42 Å². The number of nitrogens with zero attached hydrogens (tertiary/aromatic N) is 3. The third-order valence-electron chi connectivity index (χ3n) is 18.4. The number of para-hydroxylation sites is 1. The smallest absolute Gasteiger partial charge is 0.252 e. The summed E-state index contributed by atoms with van der Waals surface area (Å²) >= 11 is 0. The fourth-order valence-electron chi connectivity index (χ4n) is 14.1. The second-order valence-electron chi connectivity index (χ2n) is 27.1. The van der Waals surface area contributed by atoms with Crippen molar-refractivity contribution in [1.29, 1.82) is 0 Å². The van der Waals surface area contributed by atoms with Gasteiger partial charge in [-0.05, 0) is 153 Å². The lowest BCUT2D eigenvalue weighted by Gasteiger charge is -2.53. The summed E-state index contributed by atoms with van der Waals surface area (Å²) in [7, 11) is 0. The maximum absolute atomic E-state index is 6.93. The van der Waals surface area contributed by atoms with Crippen LogP contribution in [0.3, 0.4) is 0 Å². The minimum absolute atomic E-state index is 0.0132. The van der Waals surface area contributed by atoms with Crippen molar-refractivity contribution >= 4 is 90.5 Å². The second kappa shape index (κ2) is 14.5. The first kappa shape index (κ1) is 45.7. The Balaban J connectivity index is 1.26. The first-order valence-corrected chi connectivity index (χ1v) is 27.0. The zero-order valence-corrected chi connectivity index (χ0v) is 45.6. The third-order valence-corrected chi connectivity index (χ3v) is 18.4. The minimum Gasteiger partial charge on any atom is -0.456 e. The van der Waals surface area contributed by atoms with Crippen LogP contribution >= 0.6 is 0 Å². The van der Waals surface area contributed by atoms with E-state index in [2.05, 4.69) is 234 Å². The van der Waals surface area contributed by atoms with Crippen LogP contribution in [0.5, 0.6) is 0 Å². The van der Waals surface area contributed by atoms with Crippen molar-refractivity contribution in [1.82, 2.24) is 0 Å². The molecule has 364 valence electrons. The van der Waals surface area contributed by atoms with E-state index in [1.54, 1.807) is 5.56 Å². The molecule has 0 saturated heterocycles. The topological polar surface area (TPSA) is 22.9 Å². The van der Waals surface area contributed by atoms with E-state index < -0.39 is 0 Å². The fourth-order valence-corrected chi connectivity index (χ4v) is 14.1. The SMILES string of the molecule is Cc1cc(C(C)(C)C)cc2c1N1c3cc(cc4c3B(c3cc(C(C)(C)C)cc5c3N4C3(C)CCCCC53C)c3ccc4oc5ccccc5c4c31)N(c1ccc(C(C)(C)C)cc1)c1ccc(C(C)(C)C)cc1-2. The molecule has 72 heavy (non-hydrogen) atoms. The van der Waals surface area contributed by atoms with Crippen molar-refractivity contribution in [3.05, 3.63) is 149 Å². The van der Waals surface area contributed by atoms with Gasteiger partial charge in [0.15, 0.2) is 0 Å². The molecule has 5 aliphatic rings. The molecule has 7 aromatic carbocycles. The quantitative estimate of drug-likeness (QED) is 0.153. The first-order valence-electron chi connectivity index (χ1n) is 27.0. The van der Waals surface area contributed by atoms with Crippen LogP contribution in [0.1, 0.15) is 156 Å². The van der Waals surface area contributed by atoms with Gasteiger partial charge in [0.1, 0.15) is 11.2 Å². The Labute approximate surface area is 429 Å². The summed E-state index contributed by atoms with van der Waals surface area (Å²) in [5, 5.41) is 2.34. The molecule has 0 N–H and O–H groups in total. The van der Waals surface area contributed by atoms with Crippen molar-refractivity contribution in [3.63, 3.8) is 0 Å². The van der Waals surface area contributed by atoms with E-state index in [0.717, 1.165) is 28.7 Å². The highest BCUT2D eigenvalue weighted by Gasteiger charge is 2.62. The molecule has 0 radical (unpaired) electrons. The molecule has 8 aromatic rings. The molecule has 1 saturated carbocycles. The highest BCUT2D eigenvalue weighted by molar-refractivity contribution is 7.00. The zero-order valence-electron chi connectivity index (χ0n) is 45.6. The summed E-state index contributed by atoms with van der Waals surface area (Å²) in [6.45, 7) is 36.0. The van der Waals surface area contributed by atoms with Gasteiger partial charge in [-0.15, -0.1) is 0 Å². The zero-order chi connectivity index (χ0) is 50.6. The maximum Gasteiger partial charge on any atom is 0.252 e. The Bertz CT molecular complexity index is 3640. The molecule has 5 heterocycles. The largest absolute Gasteiger partial charge is 0.456 e.